The van der Waals surface area contributed by atoms with E-state index in [0.717, 1.165) is 6.54 Å². The number of hydrogen-bond acceptors (Lipinski definition) is 3. The molecule has 90 valence electrons. The van der Waals surface area contributed by atoms with E-state index < -0.39 is 0 Å². The molecule has 1 atom stereocenters. The number of aromatic nitrogens is 2. The van der Waals surface area contributed by atoms with Gasteiger partial charge in [-0.25, -0.2) is 4.98 Å². The van der Waals surface area contributed by atoms with Gasteiger partial charge in [0, 0.05) is 31.4 Å². The molecule has 16 heavy (non-hydrogen) atoms. The molecule has 0 saturated heterocycles. The van der Waals surface area contributed by atoms with Gasteiger partial charge < -0.3 is 10.3 Å². The van der Waals surface area contributed by atoms with Gasteiger partial charge in [0.25, 0.3) is 0 Å². The van der Waals surface area contributed by atoms with Gasteiger partial charge in [-0.2, -0.15) is 0 Å². The van der Waals surface area contributed by atoms with Gasteiger partial charge in [0.2, 0.25) is 11.9 Å². The molecule has 0 spiro atoms. The van der Waals surface area contributed by atoms with E-state index in [1.165, 1.54) is 0 Å². The van der Waals surface area contributed by atoms with Crippen molar-refractivity contribution in [3.63, 3.8) is 0 Å². The van der Waals surface area contributed by atoms with E-state index in [2.05, 4.69) is 24.1 Å². The van der Waals surface area contributed by atoms with E-state index in [1.54, 1.807) is 13.1 Å². The Morgan fingerprint density at radius 1 is 1.56 bits per heavy atom. The smallest absolute Gasteiger partial charge is 0.230 e. The van der Waals surface area contributed by atoms with Crippen molar-refractivity contribution in [2.45, 2.75) is 27.3 Å². The minimum atomic E-state index is -0.191. The molecule has 3 N–H and O–H groups in total. The maximum absolute atomic E-state index is 11.6. The van der Waals surface area contributed by atoms with Crippen LogP contribution in [0.1, 0.15) is 20.8 Å². The second kappa shape index (κ2) is 5.65. The van der Waals surface area contributed by atoms with Gasteiger partial charge in [-0.05, 0) is 5.92 Å². The molecule has 0 radical (unpaired) electrons. The SMILES string of the molecule is CC(C)Cn1ccnc1NC(=O)C(C)CN. The summed E-state index contributed by atoms with van der Waals surface area (Å²) in [5.41, 5.74) is 5.43. The van der Waals surface area contributed by atoms with Crippen LogP contribution in [0.25, 0.3) is 0 Å². The number of amides is 1. The monoisotopic (exact) mass is 224 g/mol. The van der Waals surface area contributed by atoms with Gasteiger partial charge in [0.1, 0.15) is 0 Å². The van der Waals surface area contributed by atoms with Crippen LogP contribution in [0, 0.1) is 11.8 Å². The van der Waals surface area contributed by atoms with Gasteiger partial charge in [0.05, 0.1) is 0 Å². The zero-order valence-corrected chi connectivity index (χ0v) is 10.1. The quantitative estimate of drug-likeness (QED) is 0.785. The summed E-state index contributed by atoms with van der Waals surface area (Å²) in [6.45, 7) is 7.22. The molecule has 0 aliphatic rings. The van der Waals surface area contributed by atoms with Crippen molar-refractivity contribution in [1.82, 2.24) is 9.55 Å². The maximum atomic E-state index is 11.6. The summed E-state index contributed by atoms with van der Waals surface area (Å²) in [4.78, 5) is 15.8. The summed E-state index contributed by atoms with van der Waals surface area (Å²) in [6.07, 6.45) is 3.55. The van der Waals surface area contributed by atoms with E-state index in [-0.39, 0.29) is 11.8 Å². The first-order chi connectivity index (χ1) is 7.54. The fourth-order valence-electron chi connectivity index (χ4n) is 1.31. The number of imidazole rings is 1. The summed E-state index contributed by atoms with van der Waals surface area (Å²) in [5, 5.41) is 2.78. The number of nitrogens with zero attached hydrogens (tertiary/aromatic N) is 2. The van der Waals surface area contributed by atoms with Gasteiger partial charge in [-0.1, -0.05) is 20.8 Å². The Hall–Kier alpha value is -1.36. The van der Waals surface area contributed by atoms with Crippen molar-refractivity contribution in [2.24, 2.45) is 17.6 Å². The molecule has 1 heterocycles. The van der Waals surface area contributed by atoms with Crippen molar-refractivity contribution >= 4 is 11.9 Å². The van der Waals surface area contributed by atoms with Crippen LogP contribution in [-0.2, 0) is 11.3 Å². The van der Waals surface area contributed by atoms with Crippen molar-refractivity contribution in [3.05, 3.63) is 12.4 Å². The fraction of sp³-hybridized carbons (Fsp3) is 0.636. The summed E-state index contributed by atoms with van der Waals surface area (Å²) in [6, 6.07) is 0. The zero-order chi connectivity index (χ0) is 12.1. The minimum Gasteiger partial charge on any atom is -0.330 e. The third-order valence-electron chi connectivity index (χ3n) is 2.31. The predicted octanol–water partition coefficient (Wildman–Crippen LogP) is 1.07. The van der Waals surface area contributed by atoms with Gasteiger partial charge >= 0.3 is 0 Å². The Balaban J connectivity index is 2.66. The van der Waals surface area contributed by atoms with Crippen LogP contribution >= 0.6 is 0 Å². The van der Waals surface area contributed by atoms with Crippen LogP contribution in [-0.4, -0.2) is 22.0 Å². The Bertz CT molecular complexity index is 346. The molecule has 1 aromatic rings. The molecule has 0 bridgehead atoms. The Morgan fingerprint density at radius 3 is 2.81 bits per heavy atom. The van der Waals surface area contributed by atoms with Crippen molar-refractivity contribution in [1.29, 1.82) is 0 Å². The summed E-state index contributed by atoms with van der Waals surface area (Å²) < 4.78 is 1.94. The lowest BCUT2D eigenvalue weighted by atomic mass is 10.2. The standard InChI is InChI=1S/C11H20N4O/c1-8(2)7-15-5-4-13-11(15)14-10(16)9(3)6-12/h4-5,8-9H,6-7,12H2,1-3H3,(H,13,14,16). The lowest BCUT2D eigenvalue weighted by Crippen LogP contribution is -2.28. The van der Waals surface area contributed by atoms with Crippen LogP contribution in [0.15, 0.2) is 12.4 Å². The number of anilines is 1. The van der Waals surface area contributed by atoms with Crippen molar-refractivity contribution in [2.75, 3.05) is 11.9 Å². The molecule has 5 heteroatoms. The first-order valence-corrected chi connectivity index (χ1v) is 5.56. The molecular formula is C11H20N4O. The highest BCUT2D eigenvalue weighted by Crippen LogP contribution is 2.09. The van der Waals surface area contributed by atoms with Crippen LogP contribution in [0.5, 0.6) is 0 Å². The third kappa shape index (κ3) is 3.34. The van der Waals surface area contributed by atoms with Crippen molar-refractivity contribution < 1.29 is 4.79 Å². The number of rotatable bonds is 5. The molecule has 1 unspecified atom stereocenters. The van der Waals surface area contributed by atoms with Crippen molar-refractivity contribution in [3.8, 4) is 0 Å². The Morgan fingerprint density at radius 2 is 2.25 bits per heavy atom. The summed E-state index contributed by atoms with van der Waals surface area (Å²) >= 11 is 0. The van der Waals surface area contributed by atoms with Gasteiger partial charge in [-0.3, -0.25) is 10.1 Å². The molecule has 0 fully saturated rings. The normalized spacial score (nSPS) is 12.8. The average Bonchev–Trinajstić information content (AvgIpc) is 2.63. The predicted molar refractivity (Wildman–Crippen MR) is 63.9 cm³/mol. The van der Waals surface area contributed by atoms with E-state index in [1.807, 2.05) is 10.8 Å². The number of carbonyl (C=O) groups excluding carboxylic acids is 1. The van der Waals surface area contributed by atoms with Gasteiger partial charge in [-0.15, -0.1) is 0 Å². The summed E-state index contributed by atoms with van der Waals surface area (Å²) in [5.74, 6) is 0.832. The first-order valence-electron chi connectivity index (χ1n) is 5.56. The van der Waals surface area contributed by atoms with E-state index in [0.29, 0.717) is 18.4 Å². The number of nitrogens with one attached hydrogen (secondary N) is 1. The molecule has 1 rings (SSSR count). The molecule has 1 amide bonds. The molecule has 0 aliphatic carbocycles. The number of nitrogens with two attached hydrogens (primary N) is 1. The Kier molecular flexibility index (Phi) is 4.49. The second-order valence-corrected chi connectivity index (χ2v) is 4.42. The molecular weight excluding hydrogens is 204 g/mol. The van der Waals surface area contributed by atoms with E-state index in [9.17, 15) is 4.79 Å². The maximum Gasteiger partial charge on any atom is 0.230 e. The van der Waals surface area contributed by atoms with E-state index in [4.69, 9.17) is 5.73 Å². The molecule has 5 nitrogen and oxygen atoms in total. The molecule has 0 saturated carbocycles. The van der Waals surface area contributed by atoms with E-state index >= 15 is 0 Å². The first kappa shape index (κ1) is 12.7. The lowest BCUT2D eigenvalue weighted by molar-refractivity contribution is -0.119. The van der Waals surface area contributed by atoms with Gasteiger partial charge in [0.15, 0.2) is 0 Å². The van der Waals surface area contributed by atoms with Crippen LogP contribution in [0.3, 0.4) is 0 Å². The van der Waals surface area contributed by atoms with Crippen LogP contribution in [0.2, 0.25) is 0 Å². The molecule has 0 aromatic carbocycles. The topological polar surface area (TPSA) is 72.9 Å². The number of carbonyl (C=O) groups is 1. The highest BCUT2D eigenvalue weighted by Gasteiger charge is 2.13. The lowest BCUT2D eigenvalue weighted by Gasteiger charge is -2.13. The molecule has 0 aliphatic heterocycles. The minimum absolute atomic E-state index is 0.0845. The van der Waals surface area contributed by atoms with Crippen LogP contribution in [0.4, 0.5) is 5.95 Å². The average molecular weight is 224 g/mol. The zero-order valence-electron chi connectivity index (χ0n) is 10.1. The van der Waals surface area contributed by atoms with Crippen LogP contribution < -0.4 is 11.1 Å². The summed E-state index contributed by atoms with van der Waals surface area (Å²) in [7, 11) is 0. The number of hydrogen-bond donors (Lipinski definition) is 2. The highest BCUT2D eigenvalue weighted by atomic mass is 16.2. The Labute approximate surface area is 96.0 Å². The second-order valence-electron chi connectivity index (χ2n) is 4.42. The third-order valence-corrected chi connectivity index (χ3v) is 2.31. The fourth-order valence-corrected chi connectivity index (χ4v) is 1.31. The molecule has 1 aromatic heterocycles. The largest absolute Gasteiger partial charge is 0.330 e. The highest BCUT2D eigenvalue weighted by molar-refractivity contribution is 5.90.